The van der Waals surface area contributed by atoms with E-state index in [9.17, 15) is 4.79 Å². The van der Waals surface area contributed by atoms with Gasteiger partial charge in [-0.15, -0.1) is 10.2 Å². The van der Waals surface area contributed by atoms with E-state index >= 15 is 0 Å². The van der Waals surface area contributed by atoms with E-state index in [4.69, 9.17) is 0 Å². The van der Waals surface area contributed by atoms with Gasteiger partial charge in [-0.1, -0.05) is 47.7 Å². The first-order chi connectivity index (χ1) is 11.7. The van der Waals surface area contributed by atoms with Gasteiger partial charge >= 0.3 is 6.03 Å². The Kier molecular flexibility index (Phi) is 5.12. The third-order valence-electron chi connectivity index (χ3n) is 3.39. The van der Waals surface area contributed by atoms with Crippen LogP contribution in [0.3, 0.4) is 0 Å². The van der Waals surface area contributed by atoms with Gasteiger partial charge in [0.15, 0.2) is 0 Å². The second kappa shape index (κ2) is 7.65. The summed E-state index contributed by atoms with van der Waals surface area (Å²) in [5, 5.41) is 14.8. The van der Waals surface area contributed by atoms with Crippen LogP contribution in [0.25, 0.3) is 0 Å². The maximum absolute atomic E-state index is 12.3. The number of anilines is 1. The quantitative estimate of drug-likeness (QED) is 0.747. The molecule has 0 bridgehead atoms. The van der Waals surface area contributed by atoms with Gasteiger partial charge < -0.3 is 5.32 Å². The van der Waals surface area contributed by atoms with Crippen LogP contribution < -0.4 is 10.6 Å². The first-order valence-corrected chi connectivity index (χ1v) is 8.35. The average Bonchev–Trinajstić information content (AvgIpc) is 3.01. The van der Waals surface area contributed by atoms with Crippen molar-refractivity contribution in [1.82, 2.24) is 20.5 Å². The van der Waals surface area contributed by atoms with Gasteiger partial charge in [-0.2, -0.15) is 0 Å². The zero-order valence-electron chi connectivity index (χ0n) is 13.1. The zero-order chi connectivity index (χ0) is 16.8. The highest BCUT2D eigenvalue weighted by Gasteiger charge is 2.16. The van der Waals surface area contributed by atoms with Gasteiger partial charge in [0.2, 0.25) is 5.13 Å². The smallest absolute Gasteiger partial charge is 0.321 e. The van der Waals surface area contributed by atoms with Crippen LogP contribution in [0.5, 0.6) is 0 Å². The molecule has 0 saturated heterocycles. The van der Waals surface area contributed by atoms with Crippen LogP contribution in [0, 0.1) is 6.92 Å². The van der Waals surface area contributed by atoms with E-state index in [0.29, 0.717) is 11.6 Å². The highest BCUT2D eigenvalue weighted by atomic mass is 32.1. The summed E-state index contributed by atoms with van der Waals surface area (Å²) in [5.41, 5.74) is 1.94. The maximum Gasteiger partial charge on any atom is 0.321 e. The molecule has 1 unspecified atom stereocenters. The third kappa shape index (κ3) is 4.36. The lowest BCUT2D eigenvalue weighted by Gasteiger charge is -2.19. The number of rotatable bonds is 5. The largest absolute Gasteiger partial charge is 0.331 e. The standard InChI is InChI=1S/C17H17N5OS/c1-12-21-22-17(24-12)20-16(23)19-15(13-7-3-2-4-8-13)11-14-9-5-6-10-18-14/h2-10,15H,11H2,1H3,(H2,19,20,22,23). The number of aryl methyl sites for hydroxylation is 1. The summed E-state index contributed by atoms with van der Waals surface area (Å²) in [4.78, 5) is 16.6. The zero-order valence-corrected chi connectivity index (χ0v) is 14.0. The van der Waals surface area contributed by atoms with Crippen molar-refractivity contribution in [2.45, 2.75) is 19.4 Å². The van der Waals surface area contributed by atoms with Gasteiger partial charge in [0.25, 0.3) is 0 Å². The minimum Gasteiger partial charge on any atom is -0.331 e. The molecule has 24 heavy (non-hydrogen) atoms. The Morgan fingerprint density at radius 1 is 1.12 bits per heavy atom. The number of pyridine rings is 1. The van der Waals surface area contributed by atoms with Crippen molar-refractivity contribution in [3.63, 3.8) is 0 Å². The Morgan fingerprint density at radius 3 is 2.58 bits per heavy atom. The lowest BCUT2D eigenvalue weighted by molar-refractivity contribution is 0.248. The van der Waals surface area contributed by atoms with E-state index in [2.05, 4.69) is 25.8 Å². The molecule has 2 aromatic heterocycles. The van der Waals surface area contributed by atoms with Crippen molar-refractivity contribution in [3.05, 3.63) is 71.0 Å². The number of benzene rings is 1. The predicted molar refractivity (Wildman–Crippen MR) is 93.9 cm³/mol. The molecular formula is C17H17N5OS. The fourth-order valence-corrected chi connectivity index (χ4v) is 2.89. The first-order valence-electron chi connectivity index (χ1n) is 7.53. The van der Waals surface area contributed by atoms with E-state index in [1.165, 1.54) is 11.3 Å². The average molecular weight is 339 g/mol. The normalized spacial score (nSPS) is 11.7. The topological polar surface area (TPSA) is 79.8 Å². The summed E-state index contributed by atoms with van der Waals surface area (Å²) in [7, 11) is 0. The van der Waals surface area contributed by atoms with Crippen molar-refractivity contribution in [2.24, 2.45) is 0 Å². The minimum atomic E-state index is -0.309. The SMILES string of the molecule is Cc1nnc(NC(=O)NC(Cc2ccccn2)c2ccccc2)s1. The molecule has 122 valence electrons. The van der Waals surface area contributed by atoms with Gasteiger partial charge in [-0.3, -0.25) is 10.3 Å². The van der Waals surface area contributed by atoms with Crippen LogP contribution in [0.4, 0.5) is 9.93 Å². The fourth-order valence-electron chi connectivity index (χ4n) is 2.30. The molecule has 3 aromatic rings. The van der Waals surface area contributed by atoms with Gasteiger partial charge in [-0.25, -0.2) is 4.79 Å². The molecule has 2 amide bonds. The second-order valence-corrected chi connectivity index (χ2v) is 6.39. The number of urea groups is 1. The third-order valence-corrected chi connectivity index (χ3v) is 4.15. The van der Waals surface area contributed by atoms with Crippen molar-refractivity contribution in [1.29, 1.82) is 0 Å². The molecule has 0 aliphatic rings. The molecule has 0 saturated carbocycles. The molecule has 6 nitrogen and oxygen atoms in total. The number of amides is 2. The lowest BCUT2D eigenvalue weighted by atomic mass is 10.0. The van der Waals surface area contributed by atoms with Crippen LogP contribution in [0.1, 0.15) is 22.3 Å². The second-order valence-electron chi connectivity index (χ2n) is 5.21. The van der Waals surface area contributed by atoms with E-state index in [-0.39, 0.29) is 12.1 Å². The molecule has 0 fully saturated rings. The number of nitrogens with zero attached hydrogens (tertiary/aromatic N) is 3. The molecule has 0 aliphatic carbocycles. The van der Waals surface area contributed by atoms with Crippen molar-refractivity contribution in [3.8, 4) is 0 Å². The summed E-state index contributed by atoms with van der Waals surface area (Å²) in [6.07, 6.45) is 2.36. The Labute approximate surface area is 144 Å². The summed E-state index contributed by atoms with van der Waals surface area (Å²) in [6.45, 7) is 1.84. The van der Waals surface area contributed by atoms with E-state index in [1.807, 2.05) is 55.5 Å². The molecule has 7 heteroatoms. The number of hydrogen-bond donors (Lipinski definition) is 2. The summed E-state index contributed by atoms with van der Waals surface area (Å²) in [5.74, 6) is 0. The molecule has 0 aliphatic heterocycles. The van der Waals surface area contributed by atoms with Crippen LogP contribution >= 0.6 is 11.3 Å². The van der Waals surface area contributed by atoms with Gasteiger partial charge in [-0.05, 0) is 24.6 Å². The van der Waals surface area contributed by atoms with E-state index in [1.54, 1.807) is 6.20 Å². The molecule has 1 aromatic carbocycles. The summed E-state index contributed by atoms with van der Waals surface area (Å²) < 4.78 is 0. The number of carbonyl (C=O) groups excluding carboxylic acids is 1. The molecule has 0 spiro atoms. The highest BCUT2D eigenvalue weighted by Crippen LogP contribution is 2.18. The highest BCUT2D eigenvalue weighted by molar-refractivity contribution is 7.15. The predicted octanol–water partition coefficient (Wildman–Crippen LogP) is 3.35. The Hall–Kier alpha value is -2.80. The molecule has 2 heterocycles. The summed E-state index contributed by atoms with van der Waals surface area (Å²) >= 11 is 1.34. The maximum atomic E-state index is 12.3. The van der Waals surface area contributed by atoms with E-state index < -0.39 is 0 Å². The van der Waals surface area contributed by atoms with Gasteiger partial charge in [0.05, 0.1) is 6.04 Å². The molecule has 1 atom stereocenters. The van der Waals surface area contributed by atoms with Crippen LogP contribution in [-0.2, 0) is 6.42 Å². The number of nitrogens with one attached hydrogen (secondary N) is 2. The van der Waals surface area contributed by atoms with E-state index in [0.717, 1.165) is 16.3 Å². The number of hydrogen-bond acceptors (Lipinski definition) is 5. The number of carbonyl (C=O) groups is 1. The van der Waals surface area contributed by atoms with Crippen molar-refractivity contribution >= 4 is 22.5 Å². The van der Waals surface area contributed by atoms with Gasteiger partial charge in [0.1, 0.15) is 5.01 Å². The molecule has 0 radical (unpaired) electrons. The van der Waals surface area contributed by atoms with Crippen LogP contribution in [0.2, 0.25) is 0 Å². The first kappa shape index (κ1) is 16.1. The fraction of sp³-hybridized carbons (Fsp3) is 0.176. The molecular weight excluding hydrogens is 322 g/mol. The van der Waals surface area contributed by atoms with Gasteiger partial charge in [0, 0.05) is 18.3 Å². The van der Waals surface area contributed by atoms with Crippen LogP contribution in [0.15, 0.2) is 54.7 Å². The monoisotopic (exact) mass is 339 g/mol. The number of aromatic nitrogens is 3. The minimum absolute atomic E-state index is 0.185. The Morgan fingerprint density at radius 2 is 1.92 bits per heavy atom. The van der Waals surface area contributed by atoms with Crippen LogP contribution in [-0.4, -0.2) is 21.2 Å². The summed E-state index contributed by atoms with van der Waals surface area (Å²) in [6, 6.07) is 15.1. The molecule has 3 rings (SSSR count). The Balaban J connectivity index is 1.73. The lowest BCUT2D eigenvalue weighted by Crippen LogP contribution is -2.33. The van der Waals surface area contributed by atoms with Crippen molar-refractivity contribution < 1.29 is 4.79 Å². The van der Waals surface area contributed by atoms with Crippen molar-refractivity contribution in [2.75, 3.05) is 5.32 Å². The Bertz CT molecular complexity index is 791. The molecule has 2 N–H and O–H groups in total.